The maximum absolute atomic E-state index is 13.1. The number of aryl methyl sites for hydroxylation is 1. The number of amides is 2. The minimum Gasteiger partial charge on any atom is -0.381 e. The van der Waals surface area contributed by atoms with Crippen molar-refractivity contribution in [3.05, 3.63) is 16.6 Å². The molecule has 33 heavy (non-hydrogen) atoms. The van der Waals surface area contributed by atoms with Gasteiger partial charge in [-0.3, -0.25) is 19.2 Å². The van der Waals surface area contributed by atoms with Gasteiger partial charge in [0.15, 0.2) is 0 Å². The number of nitrogens with zero attached hydrogens (tertiary/aromatic N) is 4. The van der Waals surface area contributed by atoms with Crippen molar-refractivity contribution in [1.29, 1.82) is 0 Å². The predicted molar refractivity (Wildman–Crippen MR) is 129 cm³/mol. The first kappa shape index (κ1) is 22.8. The Morgan fingerprint density at radius 3 is 2.61 bits per heavy atom. The summed E-state index contributed by atoms with van der Waals surface area (Å²) in [5.74, 6) is 0.280. The van der Waals surface area contributed by atoms with Crippen LogP contribution in [0.1, 0.15) is 66.9 Å². The Labute approximate surface area is 199 Å². The van der Waals surface area contributed by atoms with E-state index in [1.54, 1.807) is 11.3 Å². The topological polar surface area (TPSA) is 79.7 Å². The van der Waals surface area contributed by atoms with Crippen LogP contribution in [0, 0.1) is 6.92 Å². The summed E-state index contributed by atoms with van der Waals surface area (Å²) in [5, 5.41) is 9.14. The molecule has 2 saturated heterocycles. The lowest BCUT2D eigenvalue weighted by atomic mass is 9.89. The van der Waals surface area contributed by atoms with Crippen molar-refractivity contribution >= 4 is 33.4 Å². The van der Waals surface area contributed by atoms with Crippen molar-refractivity contribution in [3.8, 4) is 0 Å². The number of nitrogens with one attached hydrogen (secondary N) is 1. The first-order valence-corrected chi connectivity index (χ1v) is 13.2. The number of hydrogen-bond donors (Lipinski definition) is 1. The summed E-state index contributed by atoms with van der Waals surface area (Å²) >= 11 is 1.56. The molecule has 0 aromatic carbocycles. The number of carbonyl (C=O) groups is 2. The summed E-state index contributed by atoms with van der Waals surface area (Å²) in [6.45, 7) is 8.76. The Balaban J connectivity index is 1.18. The largest absolute Gasteiger partial charge is 0.381 e. The van der Waals surface area contributed by atoms with Gasteiger partial charge in [-0.25, -0.2) is 0 Å². The number of likely N-dealkylation sites (N-methyl/N-ethyl adjacent to an activating group) is 1. The van der Waals surface area contributed by atoms with Crippen LogP contribution in [0.3, 0.4) is 0 Å². The lowest BCUT2D eigenvalue weighted by Gasteiger charge is -2.41. The van der Waals surface area contributed by atoms with Crippen LogP contribution in [-0.2, 0) is 9.53 Å². The Morgan fingerprint density at radius 1 is 1.15 bits per heavy atom. The maximum Gasteiger partial charge on any atom is 0.261 e. The van der Waals surface area contributed by atoms with Gasteiger partial charge in [-0.2, -0.15) is 5.10 Å². The van der Waals surface area contributed by atoms with E-state index in [1.165, 1.54) is 0 Å². The van der Waals surface area contributed by atoms with Gasteiger partial charge in [-0.1, -0.05) is 0 Å². The number of fused-ring (bicyclic) bond motifs is 1. The number of carbonyl (C=O) groups excluding carboxylic acids is 2. The zero-order valence-electron chi connectivity index (χ0n) is 19.7. The summed E-state index contributed by atoms with van der Waals surface area (Å²) in [4.78, 5) is 31.5. The van der Waals surface area contributed by atoms with E-state index < -0.39 is 0 Å². The van der Waals surface area contributed by atoms with Crippen molar-refractivity contribution < 1.29 is 14.3 Å². The van der Waals surface area contributed by atoms with Gasteiger partial charge in [0.25, 0.3) is 5.91 Å². The van der Waals surface area contributed by atoms with Crippen molar-refractivity contribution in [2.45, 2.75) is 70.5 Å². The Hall–Kier alpha value is -1.97. The number of aromatic nitrogens is 2. The highest BCUT2D eigenvalue weighted by atomic mass is 32.1. The van der Waals surface area contributed by atoms with Gasteiger partial charge < -0.3 is 15.0 Å². The van der Waals surface area contributed by atoms with E-state index in [2.05, 4.69) is 14.9 Å². The zero-order valence-corrected chi connectivity index (χ0v) is 20.5. The van der Waals surface area contributed by atoms with Crippen molar-refractivity contribution in [1.82, 2.24) is 24.9 Å². The molecule has 2 aromatic heterocycles. The molecule has 3 fully saturated rings. The van der Waals surface area contributed by atoms with Crippen LogP contribution in [0.25, 0.3) is 10.2 Å². The maximum atomic E-state index is 13.1. The second kappa shape index (κ2) is 9.72. The van der Waals surface area contributed by atoms with Gasteiger partial charge >= 0.3 is 0 Å². The van der Waals surface area contributed by atoms with E-state index in [1.807, 2.05) is 24.8 Å². The number of thiophene rings is 1. The van der Waals surface area contributed by atoms with Crippen LogP contribution in [-0.4, -0.2) is 82.9 Å². The summed E-state index contributed by atoms with van der Waals surface area (Å²) in [6, 6.07) is 3.03. The zero-order chi connectivity index (χ0) is 22.9. The third-order valence-corrected chi connectivity index (χ3v) is 8.73. The fourth-order valence-electron chi connectivity index (χ4n) is 5.58. The molecule has 0 unspecified atom stereocenters. The molecule has 1 aliphatic carbocycles. The van der Waals surface area contributed by atoms with E-state index in [-0.39, 0.29) is 17.9 Å². The van der Waals surface area contributed by atoms with Crippen LogP contribution in [0.4, 0.5) is 0 Å². The average Bonchev–Trinajstić information content (AvgIpc) is 3.41. The molecular weight excluding hydrogens is 438 g/mol. The first-order valence-electron chi connectivity index (χ1n) is 12.4. The van der Waals surface area contributed by atoms with Gasteiger partial charge in [-0.05, 0) is 58.4 Å². The molecule has 5 rings (SSSR count). The molecule has 0 atom stereocenters. The molecule has 0 bridgehead atoms. The molecule has 2 amide bonds. The second-order valence-electron chi connectivity index (χ2n) is 9.63. The van der Waals surface area contributed by atoms with E-state index in [9.17, 15) is 9.59 Å². The van der Waals surface area contributed by atoms with Crippen LogP contribution in [0.15, 0.2) is 6.07 Å². The number of rotatable bonds is 5. The summed E-state index contributed by atoms with van der Waals surface area (Å²) in [5.41, 5.74) is 0.991. The first-order chi connectivity index (χ1) is 16.0. The van der Waals surface area contributed by atoms with E-state index in [0.29, 0.717) is 18.6 Å². The van der Waals surface area contributed by atoms with Crippen LogP contribution in [0.2, 0.25) is 0 Å². The molecule has 0 spiro atoms. The minimum absolute atomic E-state index is 0.0318. The number of hydrogen-bond acceptors (Lipinski definition) is 6. The van der Waals surface area contributed by atoms with E-state index in [0.717, 1.165) is 92.2 Å². The molecule has 1 N–H and O–H groups in total. The molecule has 3 aliphatic rings. The van der Waals surface area contributed by atoms with Gasteiger partial charge in [0.2, 0.25) is 5.91 Å². The predicted octanol–water partition coefficient (Wildman–Crippen LogP) is 2.96. The third-order valence-electron chi connectivity index (χ3n) is 7.61. The van der Waals surface area contributed by atoms with Gasteiger partial charge in [0.05, 0.1) is 23.2 Å². The smallest absolute Gasteiger partial charge is 0.261 e. The molecule has 8 nitrogen and oxygen atoms in total. The standard InChI is InChI=1S/C24H35N5O3S/c1-3-27-10-11-28(15-22(27)30)18-6-4-17(5-7-18)25-23(31)21-14-20-16(2)26-29(24(20)33-21)19-8-12-32-13-9-19/h14,17-19H,3-13,15H2,1-2H3,(H,25,31). The average molecular weight is 474 g/mol. The van der Waals surface area contributed by atoms with Gasteiger partial charge in [0, 0.05) is 50.3 Å². The highest BCUT2D eigenvalue weighted by molar-refractivity contribution is 7.20. The Morgan fingerprint density at radius 2 is 1.91 bits per heavy atom. The summed E-state index contributed by atoms with van der Waals surface area (Å²) in [7, 11) is 0. The molecule has 9 heteroatoms. The highest BCUT2D eigenvalue weighted by Gasteiger charge is 2.32. The van der Waals surface area contributed by atoms with E-state index in [4.69, 9.17) is 9.84 Å². The SMILES string of the molecule is CCN1CCN(C2CCC(NC(=O)c3cc4c(C)nn(C5CCOCC5)c4s3)CC2)CC1=O. The summed E-state index contributed by atoms with van der Waals surface area (Å²) in [6.07, 6.45) is 5.95. The Kier molecular flexibility index (Phi) is 6.72. The Bertz CT molecular complexity index is 1000. The lowest BCUT2D eigenvalue weighted by molar-refractivity contribution is -0.137. The van der Waals surface area contributed by atoms with Gasteiger partial charge in [-0.15, -0.1) is 11.3 Å². The lowest BCUT2D eigenvalue weighted by Crippen LogP contribution is -2.54. The quantitative estimate of drug-likeness (QED) is 0.722. The molecule has 4 heterocycles. The molecule has 2 aromatic rings. The number of ether oxygens (including phenoxy) is 1. The molecule has 1 saturated carbocycles. The second-order valence-corrected chi connectivity index (χ2v) is 10.7. The monoisotopic (exact) mass is 473 g/mol. The fraction of sp³-hybridized carbons (Fsp3) is 0.708. The van der Waals surface area contributed by atoms with Crippen LogP contribution < -0.4 is 5.32 Å². The van der Waals surface area contributed by atoms with Crippen molar-refractivity contribution in [3.63, 3.8) is 0 Å². The summed E-state index contributed by atoms with van der Waals surface area (Å²) < 4.78 is 7.63. The molecule has 180 valence electrons. The molecular formula is C24H35N5O3S. The molecule has 2 aliphatic heterocycles. The van der Waals surface area contributed by atoms with Crippen LogP contribution >= 0.6 is 11.3 Å². The third kappa shape index (κ3) is 4.68. The minimum atomic E-state index is 0.0318. The van der Waals surface area contributed by atoms with Crippen molar-refractivity contribution in [2.75, 3.05) is 39.4 Å². The van der Waals surface area contributed by atoms with Crippen LogP contribution in [0.5, 0.6) is 0 Å². The van der Waals surface area contributed by atoms with Crippen molar-refractivity contribution in [2.24, 2.45) is 0 Å². The highest BCUT2D eigenvalue weighted by Crippen LogP contribution is 2.33. The number of piperazine rings is 1. The van der Waals surface area contributed by atoms with E-state index >= 15 is 0 Å². The van der Waals surface area contributed by atoms with Gasteiger partial charge in [0.1, 0.15) is 4.83 Å². The molecule has 0 radical (unpaired) electrons. The normalized spacial score (nSPS) is 25.6. The fourth-order valence-corrected chi connectivity index (χ4v) is 6.71.